The van der Waals surface area contributed by atoms with Crippen molar-refractivity contribution >= 4 is 51.6 Å². The number of anilines is 1. The zero-order chi connectivity index (χ0) is 21.7. The molecule has 0 radical (unpaired) electrons. The highest BCUT2D eigenvalue weighted by Crippen LogP contribution is 2.33. The first kappa shape index (κ1) is 22.1. The van der Waals surface area contributed by atoms with Gasteiger partial charge in [-0.05, 0) is 44.0 Å². The van der Waals surface area contributed by atoms with Gasteiger partial charge in [-0.3, -0.25) is 14.9 Å². The Morgan fingerprint density at radius 1 is 1.41 bits per heavy atom. The Hall–Kier alpha value is -3.22. The summed E-state index contributed by atoms with van der Waals surface area (Å²) in [4.78, 5) is 36.0. The van der Waals surface area contributed by atoms with Crippen molar-refractivity contribution in [1.29, 1.82) is 5.26 Å². The molecule has 1 amide bonds. The molecule has 0 aliphatic carbocycles. The van der Waals surface area contributed by atoms with Crippen LogP contribution in [0.15, 0.2) is 23.8 Å². The minimum Gasteiger partial charge on any atom is -0.462 e. The highest BCUT2D eigenvalue weighted by atomic mass is 35.5. The molecule has 1 heterocycles. The van der Waals surface area contributed by atoms with Crippen LogP contribution in [0, 0.1) is 35.3 Å². The number of benzene rings is 1. The zero-order valence-electron chi connectivity index (χ0n) is 15.7. The number of hydrogen-bond acceptors (Lipinski definition) is 7. The molecule has 10 heteroatoms. The standard InChI is InChI=1S/C19H16ClN3O5S/c1-4-28-19(25)16-10(2)11(3)29-18(16)22-17(24)13(9-21)7-12-5-6-14(20)15(8-12)23(26)27/h5-8H,4H2,1-3H3,(H,22,24)/b13-7+. The van der Waals surface area contributed by atoms with Crippen LogP contribution in [-0.2, 0) is 9.53 Å². The van der Waals surface area contributed by atoms with Gasteiger partial charge in [0.05, 0.1) is 17.1 Å². The van der Waals surface area contributed by atoms with Gasteiger partial charge < -0.3 is 10.1 Å². The molecular weight excluding hydrogens is 418 g/mol. The number of nitriles is 1. The molecule has 0 unspecified atom stereocenters. The number of nitrogens with one attached hydrogen (secondary N) is 1. The number of rotatable bonds is 6. The second-order valence-electron chi connectivity index (χ2n) is 5.80. The fraction of sp³-hybridized carbons (Fsp3) is 0.211. The van der Waals surface area contributed by atoms with Crippen LogP contribution in [-0.4, -0.2) is 23.4 Å². The predicted molar refractivity (Wildman–Crippen MR) is 110 cm³/mol. The quantitative estimate of drug-likeness (QED) is 0.232. The molecule has 0 aliphatic rings. The number of halogens is 1. The lowest BCUT2D eigenvalue weighted by molar-refractivity contribution is -0.384. The van der Waals surface area contributed by atoms with Gasteiger partial charge >= 0.3 is 5.97 Å². The molecule has 0 saturated heterocycles. The summed E-state index contributed by atoms with van der Waals surface area (Å²) in [6.45, 7) is 5.39. The van der Waals surface area contributed by atoms with Gasteiger partial charge in [0.15, 0.2) is 0 Å². The lowest BCUT2D eigenvalue weighted by Crippen LogP contribution is -2.16. The Balaban J connectivity index is 2.37. The van der Waals surface area contributed by atoms with E-state index in [4.69, 9.17) is 16.3 Å². The minimum atomic E-state index is -0.753. The van der Waals surface area contributed by atoms with Gasteiger partial charge in [-0.2, -0.15) is 5.26 Å². The van der Waals surface area contributed by atoms with Crippen molar-refractivity contribution in [1.82, 2.24) is 0 Å². The second kappa shape index (κ2) is 9.32. The molecule has 2 rings (SSSR count). The van der Waals surface area contributed by atoms with Crippen LogP contribution in [0.3, 0.4) is 0 Å². The summed E-state index contributed by atoms with van der Waals surface area (Å²) in [5, 5.41) is 23.1. The van der Waals surface area contributed by atoms with Gasteiger partial charge in [0.2, 0.25) is 0 Å². The molecule has 0 spiro atoms. The van der Waals surface area contributed by atoms with E-state index in [2.05, 4.69) is 5.32 Å². The molecule has 150 valence electrons. The van der Waals surface area contributed by atoms with E-state index in [1.165, 1.54) is 29.5 Å². The topological polar surface area (TPSA) is 122 Å². The summed E-state index contributed by atoms with van der Waals surface area (Å²) in [5.74, 6) is -1.32. The highest BCUT2D eigenvalue weighted by Gasteiger charge is 2.23. The number of esters is 1. The first-order chi connectivity index (χ1) is 13.7. The van der Waals surface area contributed by atoms with Crippen LogP contribution in [0.5, 0.6) is 0 Å². The maximum absolute atomic E-state index is 12.6. The van der Waals surface area contributed by atoms with E-state index in [1.54, 1.807) is 26.8 Å². The largest absolute Gasteiger partial charge is 0.462 e. The Morgan fingerprint density at radius 3 is 2.69 bits per heavy atom. The van der Waals surface area contributed by atoms with E-state index in [9.17, 15) is 25.0 Å². The average molecular weight is 434 g/mol. The number of ether oxygens (including phenoxy) is 1. The van der Waals surface area contributed by atoms with Crippen molar-refractivity contribution in [2.45, 2.75) is 20.8 Å². The first-order valence-corrected chi connectivity index (χ1v) is 9.53. The Labute approximate surface area is 175 Å². The fourth-order valence-electron chi connectivity index (χ4n) is 2.41. The van der Waals surface area contributed by atoms with Crippen LogP contribution in [0.1, 0.15) is 33.3 Å². The maximum atomic E-state index is 12.6. The van der Waals surface area contributed by atoms with E-state index in [0.717, 1.165) is 10.9 Å². The van der Waals surface area contributed by atoms with Crippen molar-refractivity contribution in [2.24, 2.45) is 0 Å². The van der Waals surface area contributed by atoms with Crippen molar-refractivity contribution in [2.75, 3.05) is 11.9 Å². The summed E-state index contributed by atoms with van der Waals surface area (Å²) in [7, 11) is 0. The molecule has 1 aromatic carbocycles. The number of thiophene rings is 1. The number of nitro benzene ring substituents is 1. The molecular formula is C19H16ClN3O5S. The molecule has 8 nitrogen and oxygen atoms in total. The smallest absolute Gasteiger partial charge is 0.341 e. The predicted octanol–water partition coefficient (Wildman–Crippen LogP) is 4.65. The SMILES string of the molecule is CCOC(=O)c1c(NC(=O)/C(C#N)=C/c2ccc(Cl)c([N+](=O)[O-])c2)sc(C)c1C. The Kier molecular flexibility index (Phi) is 7.09. The number of carbonyl (C=O) groups excluding carboxylic acids is 2. The third-order valence-corrected chi connectivity index (χ3v) is 5.38. The Morgan fingerprint density at radius 2 is 2.10 bits per heavy atom. The van der Waals surface area contributed by atoms with Gasteiger partial charge in [-0.15, -0.1) is 11.3 Å². The normalized spacial score (nSPS) is 10.9. The second-order valence-corrected chi connectivity index (χ2v) is 7.43. The summed E-state index contributed by atoms with van der Waals surface area (Å²) in [5.41, 5.74) is 0.547. The molecule has 29 heavy (non-hydrogen) atoms. The number of nitrogens with zero attached hydrogens (tertiary/aromatic N) is 2. The molecule has 0 atom stereocenters. The van der Waals surface area contributed by atoms with Crippen molar-refractivity contribution < 1.29 is 19.2 Å². The van der Waals surface area contributed by atoms with Crippen LogP contribution < -0.4 is 5.32 Å². The average Bonchev–Trinajstić information content (AvgIpc) is 2.94. The molecule has 0 fully saturated rings. The van der Waals surface area contributed by atoms with Gasteiger partial charge in [0.25, 0.3) is 11.6 Å². The summed E-state index contributed by atoms with van der Waals surface area (Å²) in [6.07, 6.45) is 1.20. The van der Waals surface area contributed by atoms with Crippen molar-refractivity contribution in [3.63, 3.8) is 0 Å². The minimum absolute atomic E-state index is 0.0567. The van der Waals surface area contributed by atoms with E-state index in [-0.39, 0.29) is 39.0 Å². The third-order valence-electron chi connectivity index (χ3n) is 3.93. The van der Waals surface area contributed by atoms with Crippen molar-refractivity contribution in [3.8, 4) is 6.07 Å². The van der Waals surface area contributed by atoms with Gasteiger partial charge in [0.1, 0.15) is 21.7 Å². The number of amides is 1. The third kappa shape index (κ3) is 4.99. The zero-order valence-corrected chi connectivity index (χ0v) is 17.3. The monoisotopic (exact) mass is 433 g/mol. The maximum Gasteiger partial charge on any atom is 0.341 e. The van der Waals surface area contributed by atoms with Crippen molar-refractivity contribution in [3.05, 3.63) is 60.5 Å². The molecule has 2 aromatic rings. The van der Waals surface area contributed by atoms with E-state index in [0.29, 0.717) is 5.56 Å². The first-order valence-electron chi connectivity index (χ1n) is 8.33. The summed E-state index contributed by atoms with van der Waals surface area (Å²) >= 11 is 6.96. The number of aryl methyl sites for hydroxylation is 1. The van der Waals surface area contributed by atoms with Crippen LogP contribution in [0.2, 0.25) is 5.02 Å². The summed E-state index contributed by atoms with van der Waals surface area (Å²) in [6, 6.07) is 5.68. The number of hydrogen-bond donors (Lipinski definition) is 1. The fourth-order valence-corrected chi connectivity index (χ4v) is 3.64. The van der Waals surface area contributed by atoms with Gasteiger partial charge in [0, 0.05) is 10.9 Å². The highest BCUT2D eigenvalue weighted by molar-refractivity contribution is 7.16. The van der Waals surface area contributed by atoms with Gasteiger partial charge in [-0.25, -0.2) is 4.79 Å². The molecule has 0 aliphatic heterocycles. The lowest BCUT2D eigenvalue weighted by Gasteiger charge is -2.07. The Bertz CT molecular complexity index is 1070. The van der Waals surface area contributed by atoms with Crippen LogP contribution in [0.25, 0.3) is 6.08 Å². The number of nitro groups is 1. The molecule has 0 saturated carbocycles. The number of carbonyl (C=O) groups is 2. The lowest BCUT2D eigenvalue weighted by atomic mass is 10.1. The molecule has 1 N–H and O–H groups in total. The molecule has 0 bridgehead atoms. The van der Waals surface area contributed by atoms with Crippen LogP contribution >= 0.6 is 22.9 Å². The van der Waals surface area contributed by atoms with Gasteiger partial charge in [-0.1, -0.05) is 17.7 Å². The van der Waals surface area contributed by atoms with E-state index in [1.807, 2.05) is 0 Å². The van der Waals surface area contributed by atoms with Crippen LogP contribution in [0.4, 0.5) is 10.7 Å². The molecule has 1 aromatic heterocycles. The summed E-state index contributed by atoms with van der Waals surface area (Å²) < 4.78 is 5.03. The van der Waals surface area contributed by atoms with E-state index < -0.39 is 16.8 Å². The van der Waals surface area contributed by atoms with E-state index >= 15 is 0 Å².